The summed E-state index contributed by atoms with van der Waals surface area (Å²) in [5, 5.41) is 6.42. The zero-order chi connectivity index (χ0) is 48.7. The fourth-order valence-corrected chi connectivity index (χ4v) is 9.90. The predicted octanol–water partition coefficient (Wildman–Crippen LogP) is 10.2. The zero-order valence-corrected chi connectivity index (χ0v) is 44.5. The Bertz CT molecular complexity index is 1150. The Labute approximate surface area is 411 Å². The number of carbonyl (C=O) groups is 4. The second-order valence-electron chi connectivity index (χ2n) is 20.7. The molecule has 392 valence electrons. The van der Waals surface area contributed by atoms with Crippen molar-refractivity contribution in [2.75, 3.05) is 91.9 Å². The standard InChI is InChI=1S/C55H106N6O6/c1-7-9-11-13-15-17-19-22-26-32-50(62)60(38-30-36-58-40-44-66-45-41-58)52(48(3)4)54(64)56-34-28-24-21-25-29-35-57-55(65)53(49(5)6)61(39-31-37-59-42-46-67-47-43-59)51(63)33-27-23-20-18-16-14-12-10-8-2/h48-49,52-53H,7-47H2,1-6H3,(H,56,64)(H,57,65). The first-order valence-corrected chi connectivity index (χ1v) is 28.3. The van der Waals surface area contributed by atoms with E-state index in [1.165, 1.54) is 89.9 Å². The molecule has 0 aliphatic carbocycles. The lowest BCUT2D eigenvalue weighted by atomic mass is 9.99. The van der Waals surface area contributed by atoms with Gasteiger partial charge >= 0.3 is 0 Å². The van der Waals surface area contributed by atoms with E-state index in [9.17, 15) is 19.2 Å². The fourth-order valence-electron chi connectivity index (χ4n) is 9.90. The first-order valence-electron chi connectivity index (χ1n) is 28.3. The van der Waals surface area contributed by atoms with E-state index in [0.717, 1.165) is 136 Å². The van der Waals surface area contributed by atoms with Crippen molar-refractivity contribution in [3.63, 3.8) is 0 Å². The quantitative estimate of drug-likeness (QED) is 0.0580. The summed E-state index contributed by atoms with van der Waals surface area (Å²) in [6.07, 6.45) is 29.2. The van der Waals surface area contributed by atoms with E-state index in [0.29, 0.717) is 39.0 Å². The van der Waals surface area contributed by atoms with E-state index >= 15 is 0 Å². The average molecular weight is 947 g/mol. The molecular weight excluding hydrogens is 841 g/mol. The van der Waals surface area contributed by atoms with Crippen molar-refractivity contribution in [3.05, 3.63) is 0 Å². The first-order chi connectivity index (χ1) is 32.6. The Morgan fingerprint density at radius 3 is 1.04 bits per heavy atom. The second-order valence-corrected chi connectivity index (χ2v) is 20.7. The van der Waals surface area contributed by atoms with E-state index in [4.69, 9.17) is 9.47 Å². The largest absolute Gasteiger partial charge is 0.379 e. The van der Waals surface area contributed by atoms with Crippen LogP contribution >= 0.6 is 0 Å². The Morgan fingerprint density at radius 1 is 0.433 bits per heavy atom. The molecule has 12 heteroatoms. The minimum Gasteiger partial charge on any atom is -0.379 e. The number of hydrogen-bond acceptors (Lipinski definition) is 8. The van der Waals surface area contributed by atoms with Gasteiger partial charge in [0.1, 0.15) is 12.1 Å². The van der Waals surface area contributed by atoms with Crippen molar-refractivity contribution in [3.8, 4) is 0 Å². The Balaban J connectivity index is 1.82. The smallest absolute Gasteiger partial charge is 0.243 e. The summed E-state index contributed by atoms with van der Waals surface area (Å²) in [6.45, 7) is 23.7. The topological polar surface area (TPSA) is 124 Å². The van der Waals surface area contributed by atoms with Crippen molar-refractivity contribution in [1.82, 2.24) is 30.2 Å². The van der Waals surface area contributed by atoms with Crippen LogP contribution in [0.25, 0.3) is 0 Å². The van der Waals surface area contributed by atoms with E-state index in [1.54, 1.807) is 0 Å². The minimum atomic E-state index is -0.472. The monoisotopic (exact) mass is 947 g/mol. The molecule has 0 aromatic heterocycles. The molecule has 2 fully saturated rings. The van der Waals surface area contributed by atoms with Gasteiger partial charge in [-0.2, -0.15) is 0 Å². The maximum absolute atomic E-state index is 13.8. The Morgan fingerprint density at radius 2 is 0.731 bits per heavy atom. The number of nitrogens with zero attached hydrogens (tertiary/aromatic N) is 4. The molecule has 12 nitrogen and oxygen atoms in total. The van der Waals surface area contributed by atoms with Gasteiger partial charge < -0.3 is 29.9 Å². The number of unbranched alkanes of at least 4 members (excludes halogenated alkanes) is 20. The summed E-state index contributed by atoms with van der Waals surface area (Å²) in [4.78, 5) is 63.9. The van der Waals surface area contributed by atoms with Crippen LogP contribution in [0.15, 0.2) is 0 Å². The van der Waals surface area contributed by atoms with E-state index < -0.39 is 12.1 Å². The third kappa shape index (κ3) is 28.9. The van der Waals surface area contributed by atoms with Crippen molar-refractivity contribution >= 4 is 23.6 Å². The van der Waals surface area contributed by atoms with Crippen LogP contribution < -0.4 is 10.6 Å². The van der Waals surface area contributed by atoms with E-state index in [-0.39, 0.29) is 35.5 Å². The van der Waals surface area contributed by atoms with Gasteiger partial charge in [-0.3, -0.25) is 29.0 Å². The third-order valence-corrected chi connectivity index (χ3v) is 14.0. The number of ether oxygens (including phenoxy) is 2. The third-order valence-electron chi connectivity index (χ3n) is 14.0. The number of amides is 4. The molecule has 2 N–H and O–H groups in total. The molecule has 0 bridgehead atoms. The predicted molar refractivity (Wildman–Crippen MR) is 277 cm³/mol. The SMILES string of the molecule is CCCCCCCCCCCC(=O)N(CCCN1CCOCC1)C(C(=O)NCCCCCCCNC(=O)C(C(C)C)N(CCCN1CCOCC1)C(=O)CCCCCCCCCCC)C(C)C. The Hall–Kier alpha value is -2.28. The summed E-state index contributed by atoms with van der Waals surface area (Å²) in [5.74, 6) is 0.185. The summed E-state index contributed by atoms with van der Waals surface area (Å²) in [6, 6.07) is -0.945. The fraction of sp³-hybridized carbons (Fsp3) is 0.927. The average Bonchev–Trinajstić information content (AvgIpc) is 3.32. The maximum atomic E-state index is 13.8. The number of nitrogens with one attached hydrogen (secondary N) is 2. The lowest BCUT2D eigenvalue weighted by Crippen LogP contribution is -2.53. The van der Waals surface area contributed by atoms with Gasteiger partial charge in [-0.1, -0.05) is 164 Å². The molecule has 2 aliphatic heterocycles. The molecule has 2 saturated heterocycles. The molecule has 67 heavy (non-hydrogen) atoms. The van der Waals surface area contributed by atoms with Crippen LogP contribution in [0.4, 0.5) is 0 Å². The summed E-state index contributed by atoms with van der Waals surface area (Å²) < 4.78 is 11.1. The number of rotatable bonds is 42. The number of carbonyl (C=O) groups excluding carboxylic acids is 4. The molecule has 2 aliphatic rings. The van der Waals surface area contributed by atoms with Gasteiger partial charge in [0.15, 0.2) is 0 Å². The van der Waals surface area contributed by atoms with Crippen molar-refractivity contribution in [2.45, 2.75) is 227 Å². The highest BCUT2D eigenvalue weighted by Crippen LogP contribution is 2.20. The molecule has 4 amide bonds. The molecule has 0 spiro atoms. The van der Waals surface area contributed by atoms with Crippen LogP contribution in [0.1, 0.15) is 215 Å². The van der Waals surface area contributed by atoms with Gasteiger partial charge in [0.25, 0.3) is 0 Å². The Kier molecular flexibility index (Phi) is 36.7. The van der Waals surface area contributed by atoms with Crippen LogP contribution in [0, 0.1) is 11.8 Å². The molecule has 2 heterocycles. The maximum Gasteiger partial charge on any atom is 0.243 e. The second kappa shape index (κ2) is 40.4. The first kappa shape index (κ1) is 60.8. The van der Waals surface area contributed by atoms with Gasteiger partial charge in [-0.05, 0) is 50.4 Å². The van der Waals surface area contributed by atoms with Gasteiger partial charge in [-0.15, -0.1) is 0 Å². The lowest BCUT2D eigenvalue weighted by molar-refractivity contribution is -0.142. The highest BCUT2D eigenvalue weighted by atomic mass is 16.5. The zero-order valence-electron chi connectivity index (χ0n) is 44.5. The molecule has 0 aromatic carbocycles. The minimum absolute atomic E-state index is 0.0148. The molecule has 0 saturated carbocycles. The highest BCUT2D eigenvalue weighted by Gasteiger charge is 2.33. The van der Waals surface area contributed by atoms with Gasteiger partial charge in [0.05, 0.1) is 26.4 Å². The summed E-state index contributed by atoms with van der Waals surface area (Å²) in [5.41, 5.74) is 0. The van der Waals surface area contributed by atoms with E-state index in [2.05, 4.69) is 62.0 Å². The van der Waals surface area contributed by atoms with Gasteiger partial charge in [-0.25, -0.2) is 0 Å². The van der Waals surface area contributed by atoms with Gasteiger partial charge in [0.2, 0.25) is 23.6 Å². The van der Waals surface area contributed by atoms with E-state index in [1.807, 2.05) is 9.80 Å². The molecule has 2 rings (SSSR count). The summed E-state index contributed by atoms with van der Waals surface area (Å²) >= 11 is 0. The van der Waals surface area contributed by atoms with Crippen molar-refractivity contribution in [2.24, 2.45) is 11.8 Å². The molecule has 2 atom stereocenters. The van der Waals surface area contributed by atoms with Gasteiger partial charge in [0, 0.05) is 78.3 Å². The van der Waals surface area contributed by atoms with Crippen LogP contribution in [0.3, 0.4) is 0 Å². The molecule has 0 aromatic rings. The normalized spacial score (nSPS) is 15.8. The highest BCUT2D eigenvalue weighted by molar-refractivity contribution is 5.88. The molecule has 2 unspecified atom stereocenters. The molecular formula is C55H106N6O6. The van der Waals surface area contributed by atoms with Crippen LogP contribution in [0.2, 0.25) is 0 Å². The number of morpholine rings is 2. The van der Waals surface area contributed by atoms with Crippen molar-refractivity contribution < 1.29 is 28.7 Å². The van der Waals surface area contributed by atoms with Crippen LogP contribution in [0.5, 0.6) is 0 Å². The van der Waals surface area contributed by atoms with Crippen molar-refractivity contribution in [1.29, 1.82) is 0 Å². The summed E-state index contributed by atoms with van der Waals surface area (Å²) in [7, 11) is 0. The van der Waals surface area contributed by atoms with Crippen LogP contribution in [-0.4, -0.2) is 147 Å². The molecule has 0 radical (unpaired) electrons. The number of hydrogen-bond donors (Lipinski definition) is 2. The van der Waals surface area contributed by atoms with Crippen LogP contribution in [-0.2, 0) is 28.7 Å². The lowest BCUT2D eigenvalue weighted by Gasteiger charge is -2.35.